The molecular weight excluding hydrogens is 346 g/mol. The summed E-state index contributed by atoms with van der Waals surface area (Å²) in [6.07, 6.45) is 3.36. The number of methoxy groups -OCH3 is 2. The van der Waals surface area contributed by atoms with Crippen molar-refractivity contribution >= 4 is 11.8 Å². The third kappa shape index (κ3) is 5.70. The van der Waals surface area contributed by atoms with Gasteiger partial charge in [0.15, 0.2) is 0 Å². The highest BCUT2D eigenvalue weighted by Crippen LogP contribution is 2.22. The summed E-state index contributed by atoms with van der Waals surface area (Å²) in [4.78, 5) is 29.3. The normalized spacial score (nSPS) is 11.6. The zero-order valence-corrected chi connectivity index (χ0v) is 16.0. The fourth-order valence-corrected chi connectivity index (χ4v) is 2.50. The Kier molecular flexibility index (Phi) is 7.16. The summed E-state index contributed by atoms with van der Waals surface area (Å²) in [5.74, 6) is 0.290. The Morgan fingerprint density at radius 1 is 1.11 bits per heavy atom. The maximum absolute atomic E-state index is 12.7. The average molecular weight is 371 g/mol. The summed E-state index contributed by atoms with van der Waals surface area (Å²) >= 11 is 0. The van der Waals surface area contributed by atoms with Crippen molar-refractivity contribution < 1.29 is 19.1 Å². The first kappa shape index (κ1) is 20.2. The topological polar surface area (TPSA) is 89.5 Å². The minimum atomic E-state index is -0.675. The van der Waals surface area contributed by atoms with Gasteiger partial charge in [0.2, 0.25) is 5.91 Å². The number of hydrogen-bond acceptors (Lipinski definition) is 5. The van der Waals surface area contributed by atoms with Crippen LogP contribution in [-0.2, 0) is 11.3 Å². The molecule has 1 heterocycles. The number of nitrogens with one attached hydrogen (secondary N) is 2. The molecule has 0 bridgehead atoms. The molecule has 1 atom stereocenters. The largest absolute Gasteiger partial charge is 0.497 e. The van der Waals surface area contributed by atoms with Crippen molar-refractivity contribution in [2.75, 3.05) is 14.2 Å². The second-order valence-electron chi connectivity index (χ2n) is 6.38. The van der Waals surface area contributed by atoms with Crippen LogP contribution in [0.2, 0.25) is 0 Å². The molecule has 144 valence electrons. The molecule has 1 aromatic carbocycles. The summed E-state index contributed by atoms with van der Waals surface area (Å²) in [6, 6.07) is 7.88. The van der Waals surface area contributed by atoms with E-state index in [0.717, 1.165) is 5.56 Å². The Morgan fingerprint density at radius 3 is 2.30 bits per heavy atom. The molecule has 0 spiro atoms. The van der Waals surface area contributed by atoms with Gasteiger partial charge >= 0.3 is 0 Å². The molecule has 0 saturated carbocycles. The standard InChI is InChI=1S/C20H25N3O4/c1-13(2)18(20(25)22-12-14-6-5-7-21-11-14)23-19(24)15-8-16(26-3)10-17(9-15)27-4/h5-11,13,18H,12H2,1-4H3,(H,22,25)(H,23,24)/t18-/m1/s1. The molecule has 27 heavy (non-hydrogen) atoms. The lowest BCUT2D eigenvalue weighted by atomic mass is 10.0. The molecule has 0 aliphatic carbocycles. The Morgan fingerprint density at radius 2 is 1.78 bits per heavy atom. The molecule has 0 radical (unpaired) electrons. The lowest BCUT2D eigenvalue weighted by Gasteiger charge is -2.22. The van der Waals surface area contributed by atoms with Gasteiger partial charge in [-0.05, 0) is 29.7 Å². The summed E-state index contributed by atoms with van der Waals surface area (Å²) in [7, 11) is 3.03. The van der Waals surface area contributed by atoms with Crippen molar-refractivity contribution in [3.8, 4) is 11.5 Å². The van der Waals surface area contributed by atoms with E-state index >= 15 is 0 Å². The monoisotopic (exact) mass is 371 g/mol. The molecule has 2 aromatic rings. The Labute approximate surface area is 159 Å². The minimum absolute atomic E-state index is 0.0876. The maximum Gasteiger partial charge on any atom is 0.252 e. The van der Waals surface area contributed by atoms with Crippen LogP contribution in [0.4, 0.5) is 0 Å². The molecule has 0 fully saturated rings. The van der Waals surface area contributed by atoms with Crippen molar-refractivity contribution in [3.63, 3.8) is 0 Å². The van der Waals surface area contributed by atoms with E-state index < -0.39 is 6.04 Å². The van der Waals surface area contributed by atoms with Gasteiger partial charge in [0.1, 0.15) is 17.5 Å². The maximum atomic E-state index is 12.7. The zero-order valence-electron chi connectivity index (χ0n) is 16.0. The van der Waals surface area contributed by atoms with Gasteiger partial charge in [-0.25, -0.2) is 0 Å². The van der Waals surface area contributed by atoms with E-state index in [0.29, 0.717) is 23.6 Å². The molecule has 0 aliphatic rings. The average Bonchev–Trinajstić information content (AvgIpc) is 2.70. The van der Waals surface area contributed by atoms with Crippen molar-refractivity contribution in [3.05, 3.63) is 53.9 Å². The van der Waals surface area contributed by atoms with Crippen LogP contribution in [0.3, 0.4) is 0 Å². The lowest BCUT2D eigenvalue weighted by molar-refractivity contribution is -0.124. The van der Waals surface area contributed by atoms with Crippen LogP contribution in [-0.4, -0.2) is 37.1 Å². The van der Waals surface area contributed by atoms with E-state index in [1.807, 2.05) is 19.9 Å². The number of aromatic nitrogens is 1. The van der Waals surface area contributed by atoms with Crippen LogP contribution in [0.1, 0.15) is 29.8 Å². The number of benzene rings is 1. The van der Waals surface area contributed by atoms with Gasteiger partial charge in [-0.2, -0.15) is 0 Å². The highest BCUT2D eigenvalue weighted by molar-refractivity contribution is 5.98. The Bertz CT molecular complexity index is 756. The first-order chi connectivity index (χ1) is 12.9. The first-order valence-corrected chi connectivity index (χ1v) is 8.65. The van der Waals surface area contributed by atoms with Gasteiger partial charge in [-0.3, -0.25) is 14.6 Å². The van der Waals surface area contributed by atoms with Crippen molar-refractivity contribution in [2.24, 2.45) is 5.92 Å². The first-order valence-electron chi connectivity index (χ1n) is 8.65. The van der Waals surface area contributed by atoms with Crippen LogP contribution >= 0.6 is 0 Å². The molecular formula is C20H25N3O4. The van der Waals surface area contributed by atoms with Gasteiger partial charge in [0.05, 0.1) is 14.2 Å². The van der Waals surface area contributed by atoms with E-state index in [4.69, 9.17) is 9.47 Å². The highest BCUT2D eigenvalue weighted by atomic mass is 16.5. The molecule has 0 unspecified atom stereocenters. The van der Waals surface area contributed by atoms with E-state index in [-0.39, 0.29) is 17.7 Å². The van der Waals surface area contributed by atoms with Gasteiger partial charge in [-0.1, -0.05) is 19.9 Å². The van der Waals surface area contributed by atoms with Crippen molar-refractivity contribution in [1.82, 2.24) is 15.6 Å². The van der Waals surface area contributed by atoms with Crippen LogP contribution in [0.25, 0.3) is 0 Å². The second kappa shape index (κ2) is 9.56. The van der Waals surface area contributed by atoms with Gasteiger partial charge < -0.3 is 20.1 Å². The van der Waals surface area contributed by atoms with Crippen molar-refractivity contribution in [2.45, 2.75) is 26.4 Å². The molecule has 0 saturated heterocycles. The van der Waals surface area contributed by atoms with Crippen LogP contribution in [0.15, 0.2) is 42.7 Å². The number of pyridine rings is 1. The van der Waals surface area contributed by atoms with Crippen LogP contribution in [0.5, 0.6) is 11.5 Å². The predicted octanol–water partition coefficient (Wildman–Crippen LogP) is 2.17. The summed E-state index contributed by atoms with van der Waals surface area (Å²) in [5.41, 5.74) is 1.24. The van der Waals surface area contributed by atoms with E-state index in [1.165, 1.54) is 14.2 Å². The summed E-state index contributed by atoms with van der Waals surface area (Å²) < 4.78 is 10.4. The molecule has 2 rings (SSSR count). The molecule has 2 N–H and O–H groups in total. The third-order valence-electron chi connectivity index (χ3n) is 4.04. The second-order valence-corrected chi connectivity index (χ2v) is 6.38. The van der Waals surface area contributed by atoms with E-state index in [9.17, 15) is 9.59 Å². The number of nitrogens with zero attached hydrogens (tertiary/aromatic N) is 1. The summed E-state index contributed by atoms with van der Waals surface area (Å²) in [6.45, 7) is 4.10. The quantitative estimate of drug-likeness (QED) is 0.742. The minimum Gasteiger partial charge on any atom is -0.497 e. The number of carbonyl (C=O) groups is 2. The van der Waals surface area contributed by atoms with Crippen LogP contribution < -0.4 is 20.1 Å². The number of rotatable bonds is 8. The molecule has 2 amide bonds. The fourth-order valence-electron chi connectivity index (χ4n) is 2.50. The molecule has 7 heteroatoms. The SMILES string of the molecule is COc1cc(OC)cc(C(=O)N[C@@H](C(=O)NCc2cccnc2)C(C)C)c1. The van der Waals surface area contributed by atoms with Crippen LogP contribution in [0, 0.1) is 5.92 Å². The van der Waals surface area contributed by atoms with Gasteiger partial charge in [0, 0.05) is 30.6 Å². The zero-order chi connectivity index (χ0) is 19.8. The smallest absolute Gasteiger partial charge is 0.252 e. The predicted molar refractivity (Wildman–Crippen MR) is 102 cm³/mol. The van der Waals surface area contributed by atoms with Gasteiger partial charge in [-0.15, -0.1) is 0 Å². The number of ether oxygens (including phenoxy) is 2. The van der Waals surface area contributed by atoms with E-state index in [1.54, 1.807) is 36.7 Å². The number of hydrogen-bond donors (Lipinski definition) is 2. The third-order valence-corrected chi connectivity index (χ3v) is 4.04. The molecule has 7 nitrogen and oxygen atoms in total. The van der Waals surface area contributed by atoms with Gasteiger partial charge in [0.25, 0.3) is 5.91 Å². The van der Waals surface area contributed by atoms with E-state index in [2.05, 4.69) is 15.6 Å². The number of amides is 2. The Balaban J connectivity index is 2.08. The summed E-state index contributed by atoms with van der Waals surface area (Å²) in [5, 5.41) is 5.63. The molecule has 1 aromatic heterocycles. The number of carbonyl (C=O) groups excluding carboxylic acids is 2. The van der Waals surface area contributed by atoms with Crippen molar-refractivity contribution in [1.29, 1.82) is 0 Å². The molecule has 0 aliphatic heterocycles. The Hall–Kier alpha value is -3.09. The fraction of sp³-hybridized carbons (Fsp3) is 0.350. The lowest BCUT2D eigenvalue weighted by Crippen LogP contribution is -2.49. The highest BCUT2D eigenvalue weighted by Gasteiger charge is 2.25.